The number of benzene rings is 2. The van der Waals surface area contributed by atoms with Crippen LogP contribution in [0.15, 0.2) is 30.5 Å². The summed E-state index contributed by atoms with van der Waals surface area (Å²) in [7, 11) is 0. The number of anilines is 1. The van der Waals surface area contributed by atoms with Crippen LogP contribution in [-0.4, -0.2) is 34.8 Å². The predicted octanol–water partition coefficient (Wildman–Crippen LogP) is 7.77. The zero-order chi connectivity index (χ0) is 23.7. The molecule has 2 heterocycles. The Bertz CT molecular complexity index is 1220. The smallest absolute Gasteiger partial charge is 0.263 e. The maximum Gasteiger partial charge on any atom is 0.263 e. The van der Waals surface area contributed by atoms with E-state index in [1.54, 1.807) is 6.20 Å². The Morgan fingerprint density at radius 2 is 1.42 bits per heavy atom. The molecule has 0 saturated carbocycles. The second kappa shape index (κ2) is 10.2. The first-order valence-corrected chi connectivity index (χ1v) is 12.2. The summed E-state index contributed by atoms with van der Waals surface area (Å²) in [6.45, 7) is 1.06. The molecule has 1 N–H and O–H groups in total. The zero-order valence-corrected chi connectivity index (χ0v) is 21.0. The fraction of sp³-hybridized carbons (Fsp3) is 0.261. The SMILES string of the molecule is O=C1c2c(Cl)c(Cl)c(Cl)c(Cl)c2C(=O)N1CCCCCCNc1ccnc2cc(Cl)ccc12. The first-order valence-electron chi connectivity index (χ1n) is 10.3. The van der Waals surface area contributed by atoms with E-state index in [-0.39, 0.29) is 37.8 Å². The first kappa shape index (κ1) is 24.4. The second-order valence-corrected chi connectivity index (χ2v) is 9.58. The highest BCUT2D eigenvalue weighted by Crippen LogP contribution is 2.44. The summed E-state index contributed by atoms with van der Waals surface area (Å²) in [4.78, 5) is 31.0. The number of unbranched alkanes of at least 4 members (excludes halogenated alkanes) is 3. The van der Waals surface area contributed by atoms with Crippen molar-refractivity contribution in [3.63, 3.8) is 0 Å². The maximum atomic E-state index is 12.7. The van der Waals surface area contributed by atoms with Gasteiger partial charge in [0.15, 0.2) is 0 Å². The number of rotatable bonds is 8. The van der Waals surface area contributed by atoms with Crippen LogP contribution in [-0.2, 0) is 0 Å². The summed E-state index contributed by atoms with van der Waals surface area (Å²) in [5.41, 5.74) is 1.90. The van der Waals surface area contributed by atoms with Crippen LogP contribution in [0.4, 0.5) is 5.69 Å². The Morgan fingerprint density at radius 3 is 2.09 bits per heavy atom. The average Bonchev–Trinajstić information content (AvgIpc) is 3.05. The van der Waals surface area contributed by atoms with Gasteiger partial charge in [0.1, 0.15) is 0 Å². The highest BCUT2D eigenvalue weighted by atomic mass is 35.5. The molecular formula is C23H18Cl5N3O2. The molecule has 0 radical (unpaired) electrons. The molecule has 5 nitrogen and oxygen atoms in total. The van der Waals surface area contributed by atoms with Crippen molar-refractivity contribution in [2.24, 2.45) is 0 Å². The topological polar surface area (TPSA) is 62.3 Å². The number of amides is 2. The van der Waals surface area contributed by atoms with Gasteiger partial charge in [-0.3, -0.25) is 19.5 Å². The fourth-order valence-corrected chi connectivity index (χ4v) is 5.03. The summed E-state index contributed by atoms with van der Waals surface area (Å²) in [5.74, 6) is -0.987. The molecule has 0 atom stereocenters. The van der Waals surface area contributed by atoms with Gasteiger partial charge in [-0.05, 0) is 37.1 Å². The van der Waals surface area contributed by atoms with Crippen LogP contribution in [0, 0.1) is 0 Å². The van der Waals surface area contributed by atoms with Crippen LogP contribution in [0.5, 0.6) is 0 Å². The van der Waals surface area contributed by atoms with Gasteiger partial charge < -0.3 is 5.32 Å². The minimum absolute atomic E-state index is 0.0242. The fourth-order valence-electron chi connectivity index (χ4n) is 3.85. The predicted molar refractivity (Wildman–Crippen MR) is 136 cm³/mol. The number of fused-ring (bicyclic) bond motifs is 2. The Labute approximate surface area is 215 Å². The van der Waals surface area contributed by atoms with Gasteiger partial charge in [-0.15, -0.1) is 0 Å². The van der Waals surface area contributed by atoms with Gasteiger partial charge in [-0.25, -0.2) is 0 Å². The van der Waals surface area contributed by atoms with Gasteiger partial charge in [0.25, 0.3) is 11.8 Å². The number of aromatic nitrogens is 1. The summed E-state index contributed by atoms with van der Waals surface area (Å²) in [6.07, 6.45) is 5.14. The molecule has 0 aliphatic carbocycles. The second-order valence-electron chi connectivity index (χ2n) is 7.63. The standard InChI is InChI=1S/C23H18Cl5N3O2/c24-12-5-6-13-14(7-9-30-15(13)11-12)29-8-3-1-2-4-10-31-22(32)16-17(23(31)33)19(26)21(28)20(27)18(16)25/h5-7,9,11H,1-4,8,10H2,(H,29,30). The lowest BCUT2D eigenvalue weighted by molar-refractivity contribution is 0.0651. The lowest BCUT2D eigenvalue weighted by Gasteiger charge is -2.14. The van der Waals surface area contributed by atoms with Gasteiger partial charge >= 0.3 is 0 Å². The normalized spacial score (nSPS) is 13.2. The molecule has 2 amide bonds. The molecule has 0 saturated heterocycles. The van der Waals surface area contributed by atoms with Crippen LogP contribution < -0.4 is 5.32 Å². The molecular weight excluding hydrogens is 528 g/mol. The van der Waals surface area contributed by atoms with Crippen LogP contribution >= 0.6 is 58.0 Å². The number of carbonyl (C=O) groups excluding carboxylic acids is 2. The molecule has 0 fully saturated rings. The van der Waals surface area contributed by atoms with Crippen LogP contribution in [0.2, 0.25) is 25.1 Å². The summed E-state index contributed by atoms with van der Waals surface area (Å²) < 4.78 is 0. The number of halogens is 5. The van der Waals surface area contributed by atoms with Crippen molar-refractivity contribution in [1.82, 2.24) is 9.88 Å². The van der Waals surface area contributed by atoms with Gasteiger partial charge in [0.2, 0.25) is 0 Å². The van der Waals surface area contributed by atoms with Crippen molar-refractivity contribution in [2.75, 3.05) is 18.4 Å². The quantitative estimate of drug-likeness (QED) is 0.136. The number of imide groups is 1. The van der Waals surface area contributed by atoms with Gasteiger partial charge in [-0.1, -0.05) is 70.8 Å². The summed E-state index contributed by atoms with van der Waals surface area (Å²) >= 11 is 30.4. The van der Waals surface area contributed by atoms with Crippen molar-refractivity contribution >= 4 is 86.4 Å². The Kier molecular flexibility index (Phi) is 7.56. The molecule has 1 aliphatic rings. The van der Waals surface area contributed by atoms with E-state index in [2.05, 4.69) is 10.3 Å². The van der Waals surface area contributed by atoms with E-state index in [0.29, 0.717) is 11.4 Å². The number of nitrogens with zero attached hydrogens (tertiary/aromatic N) is 2. The molecule has 1 aromatic heterocycles. The Balaban J connectivity index is 1.27. The molecule has 0 spiro atoms. The first-order chi connectivity index (χ1) is 15.8. The minimum Gasteiger partial charge on any atom is -0.384 e. The van der Waals surface area contributed by atoms with Gasteiger partial charge in [0.05, 0.1) is 36.7 Å². The number of hydrogen-bond acceptors (Lipinski definition) is 4. The molecule has 10 heteroatoms. The lowest BCUT2D eigenvalue weighted by Crippen LogP contribution is -2.30. The summed E-state index contributed by atoms with van der Waals surface area (Å²) in [5, 5.41) is 4.97. The van der Waals surface area contributed by atoms with Crippen molar-refractivity contribution in [3.05, 3.63) is 66.7 Å². The van der Waals surface area contributed by atoms with E-state index in [1.807, 2.05) is 24.3 Å². The third-order valence-corrected chi connectivity index (χ3v) is 7.55. The van der Waals surface area contributed by atoms with Crippen LogP contribution in [0.25, 0.3) is 10.9 Å². The Hall–Kier alpha value is -1.76. The number of carbonyl (C=O) groups is 2. The highest BCUT2D eigenvalue weighted by molar-refractivity contribution is 6.55. The van der Waals surface area contributed by atoms with E-state index < -0.39 is 11.8 Å². The third-order valence-electron chi connectivity index (χ3n) is 5.51. The molecule has 2 aromatic carbocycles. The molecule has 172 valence electrons. The lowest BCUT2D eigenvalue weighted by atomic mass is 10.1. The van der Waals surface area contributed by atoms with E-state index in [1.165, 1.54) is 0 Å². The van der Waals surface area contributed by atoms with E-state index in [4.69, 9.17) is 58.0 Å². The molecule has 0 bridgehead atoms. The monoisotopic (exact) mass is 543 g/mol. The van der Waals surface area contributed by atoms with Crippen LogP contribution in [0.1, 0.15) is 46.4 Å². The van der Waals surface area contributed by atoms with Gasteiger partial charge in [0, 0.05) is 35.4 Å². The maximum absolute atomic E-state index is 12.7. The number of nitrogens with one attached hydrogen (secondary N) is 1. The van der Waals surface area contributed by atoms with Crippen molar-refractivity contribution in [3.8, 4) is 0 Å². The number of hydrogen-bond donors (Lipinski definition) is 1. The number of pyridine rings is 1. The summed E-state index contributed by atoms with van der Waals surface area (Å²) in [6, 6.07) is 7.57. The van der Waals surface area contributed by atoms with Crippen molar-refractivity contribution in [2.45, 2.75) is 25.7 Å². The van der Waals surface area contributed by atoms with Crippen LogP contribution in [0.3, 0.4) is 0 Å². The Morgan fingerprint density at radius 1 is 0.788 bits per heavy atom. The van der Waals surface area contributed by atoms with E-state index in [9.17, 15) is 9.59 Å². The van der Waals surface area contributed by atoms with Crippen molar-refractivity contribution in [1.29, 1.82) is 0 Å². The zero-order valence-electron chi connectivity index (χ0n) is 17.2. The minimum atomic E-state index is -0.494. The van der Waals surface area contributed by atoms with Gasteiger partial charge in [-0.2, -0.15) is 0 Å². The largest absolute Gasteiger partial charge is 0.384 e. The highest BCUT2D eigenvalue weighted by Gasteiger charge is 2.41. The van der Waals surface area contributed by atoms with E-state index >= 15 is 0 Å². The molecule has 0 unspecified atom stereocenters. The molecule has 3 aromatic rings. The molecule has 4 rings (SSSR count). The van der Waals surface area contributed by atoms with E-state index in [0.717, 1.165) is 47.3 Å². The third kappa shape index (κ3) is 4.75. The average molecular weight is 546 g/mol. The van der Waals surface area contributed by atoms with Crippen molar-refractivity contribution < 1.29 is 9.59 Å². The molecule has 33 heavy (non-hydrogen) atoms. The molecule has 1 aliphatic heterocycles.